The fourth-order valence-electron chi connectivity index (χ4n) is 0.872. The summed E-state index contributed by atoms with van der Waals surface area (Å²) in [6.07, 6.45) is 3.42. The van der Waals surface area contributed by atoms with E-state index < -0.39 is 0 Å². The fourth-order valence-corrected chi connectivity index (χ4v) is 1.92. The van der Waals surface area contributed by atoms with Gasteiger partial charge in [0.05, 0.1) is 5.25 Å². The molecule has 0 aliphatic carbocycles. The first-order chi connectivity index (χ1) is 6.22. The number of nitrogens with one attached hydrogen (secondary N) is 1. The third kappa shape index (κ3) is 6.94. The summed E-state index contributed by atoms with van der Waals surface area (Å²) in [4.78, 5) is 11.4. The molecule has 0 aliphatic rings. The molecule has 0 heterocycles. The van der Waals surface area contributed by atoms with Crippen LogP contribution >= 0.6 is 11.8 Å². The molecule has 78 valence electrons. The Morgan fingerprint density at radius 3 is 2.62 bits per heavy atom. The zero-order valence-electron chi connectivity index (χ0n) is 8.93. The van der Waals surface area contributed by atoms with E-state index in [9.17, 15) is 4.79 Å². The number of rotatable bonds is 7. The van der Waals surface area contributed by atoms with Gasteiger partial charge in [-0.3, -0.25) is 4.79 Å². The summed E-state index contributed by atoms with van der Waals surface area (Å²) in [6.45, 7) is 7.01. The Morgan fingerprint density at radius 2 is 2.08 bits per heavy atom. The number of amides is 1. The molecule has 0 saturated heterocycles. The van der Waals surface area contributed by atoms with Crippen molar-refractivity contribution >= 4 is 17.7 Å². The quantitative estimate of drug-likeness (QED) is 0.644. The van der Waals surface area contributed by atoms with E-state index in [0.29, 0.717) is 0 Å². The van der Waals surface area contributed by atoms with Crippen molar-refractivity contribution in [1.29, 1.82) is 0 Å². The Balaban J connectivity index is 3.45. The Bertz CT molecular complexity index is 139. The normalized spacial score (nSPS) is 12.5. The second-order valence-corrected chi connectivity index (χ2v) is 4.61. The molecule has 1 amide bonds. The minimum atomic E-state index is 0.109. The smallest absolute Gasteiger partial charge is 0.232 e. The van der Waals surface area contributed by atoms with Gasteiger partial charge in [-0.25, -0.2) is 0 Å². The third-order valence-electron chi connectivity index (χ3n) is 1.78. The van der Waals surface area contributed by atoms with Crippen molar-refractivity contribution in [3.8, 4) is 0 Å². The maximum atomic E-state index is 11.4. The van der Waals surface area contributed by atoms with Gasteiger partial charge < -0.3 is 5.32 Å². The molecule has 0 aromatic carbocycles. The lowest BCUT2D eigenvalue weighted by molar-refractivity contribution is -0.120. The molecule has 0 aliphatic heterocycles. The highest BCUT2D eigenvalue weighted by Gasteiger charge is 2.11. The molecule has 0 rings (SSSR count). The van der Waals surface area contributed by atoms with Crippen LogP contribution in [0.4, 0.5) is 0 Å². The molecular weight excluding hydrogens is 182 g/mol. The van der Waals surface area contributed by atoms with Crippen LogP contribution in [0.5, 0.6) is 0 Å². The van der Waals surface area contributed by atoms with Crippen molar-refractivity contribution in [3.63, 3.8) is 0 Å². The minimum Gasteiger partial charge on any atom is -0.355 e. The zero-order chi connectivity index (χ0) is 10.1. The lowest BCUT2D eigenvalue weighted by Crippen LogP contribution is -2.31. The summed E-state index contributed by atoms with van der Waals surface area (Å²) in [5.74, 6) is 1.28. The van der Waals surface area contributed by atoms with Gasteiger partial charge in [-0.2, -0.15) is 0 Å². The number of thioether (sulfide) groups is 1. The molecule has 2 nitrogen and oxygen atoms in total. The second-order valence-electron chi connectivity index (χ2n) is 3.16. The van der Waals surface area contributed by atoms with Gasteiger partial charge in [0.15, 0.2) is 0 Å². The Labute approximate surface area is 85.9 Å². The van der Waals surface area contributed by atoms with Crippen LogP contribution in [0.15, 0.2) is 0 Å². The zero-order valence-corrected chi connectivity index (χ0v) is 9.75. The maximum Gasteiger partial charge on any atom is 0.232 e. The molecule has 0 spiro atoms. The van der Waals surface area contributed by atoms with Crippen molar-refractivity contribution in [3.05, 3.63) is 0 Å². The molecule has 0 aromatic rings. The van der Waals surface area contributed by atoms with E-state index in [1.54, 1.807) is 11.8 Å². The molecule has 1 unspecified atom stereocenters. The summed E-state index contributed by atoms with van der Waals surface area (Å²) >= 11 is 1.75. The first-order valence-electron chi connectivity index (χ1n) is 5.11. The largest absolute Gasteiger partial charge is 0.355 e. The maximum absolute atomic E-state index is 11.4. The molecule has 0 aromatic heterocycles. The summed E-state index contributed by atoms with van der Waals surface area (Å²) in [5.41, 5.74) is 0. The van der Waals surface area contributed by atoms with E-state index in [2.05, 4.69) is 19.2 Å². The topological polar surface area (TPSA) is 29.1 Å². The van der Waals surface area contributed by atoms with Crippen LogP contribution < -0.4 is 5.32 Å². The molecule has 0 saturated carbocycles. The number of carbonyl (C=O) groups excluding carboxylic acids is 1. The van der Waals surface area contributed by atoms with E-state index in [4.69, 9.17) is 0 Å². The number of hydrogen-bond donors (Lipinski definition) is 1. The number of carbonyl (C=O) groups is 1. The second kappa shape index (κ2) is 8.42. The lowest BCUT2D eigenvalue weighted by atomic mass is 10.4. The SMILES string of the molecule is CCCCSC(C)C(=O)NCCC. The van der Waals surface area contributed by atoms with Crippen LogP contribution in [-0.2, 0) is 4.79 Å². The highest BCUT2D eigenvalue weighted by Crippen LogP contribution is 2.12. The molecule has 0 bridgehead atoms. The first kappa shape index (κ1) is 12.8. The number of unbranched alkanes of at least 4 members (excludes halogenated alkanes) is 1. The van der Waals surface area contributed by atoms with Crippen molar-refractivity contribution in [2.75, 3.05) is 12.3 Å². The molecule has 3 heteroatoms. The van der Waals surface area contributed by atoms with E-state index in [-0.39, 0.29) is 11.2 Å². The molecule has 1 atom stereocenters. The van der Waals surface area contributed by atoms with Gasteiger partial charge in [-0.1, -0.05) is 20.3 Å². The molecule has 0 radical (unpaired) electrons. The standard InChI is InChI=1S/C10H21NOS/c1-4-6-8-13-9(3)10(12)11-7-5-2/h9H,4-8H2,1-3H3,(H,11,12). The Morgan fingerprint density at radius 1 is 1.38 bits per heavy atom. The van der Waals surface area contributed by atoms with Gasteiger partial charge in [-0.15, -0.1) is 11.8 Å². The van der Waals surface area contributed by atoms with Gasteiger partial charge in [-0.05, 0) is 25.5 Å². The van der Waals surface area contributed by atoms with E-state index in [1.165, 1.54) is 12.8 Å². The van der Waals surface area contributed by atoms with E-state index in [0.717, 1.165) is 18.7 Å². The van der Waals surface area contributed by atoms with E-state index >= 15 is 0 Å². The predicted octanol–water partition coefficient (Wildman–Crippen LogP) is 2.43. The van der Waals surface area contributed by atoms with Gasteiger partial charge in [0.25, 0.3) is 0 Å². The van der Waals surface area contributed by atoms with Gasteiger partial charge in [0, 0.05) is 6.54 Å². The van der Waals surface area contributed by atoms with Gasteiger partial charge in [0.1, 0.15) is 0 Å². The highest BCUT2D eigenvalue weighted by molar-refractivity contribution is 8.00. The van der Waals surface area contributed by atoms with E-state index in [1.807, 2.05) is 6.92 Å². The highest BCUT2D eigenvalue weighted by atomic mass is 32.2. The average molecular weight is 203 g/mol. The first-order valence-corrected chi connectivity index (χ1v) is 6.16. The molecule has 13 heavy (non-hydrogen) atoms. The van der Waals surface area contributed by atoms with Gasteiger partial charge in [0.2, 0.25) is 5.91 Å². The third-order valence-corrected chi connectivity index (χ3v) is 3.02. The lowest BCUT2D eigenvalue weighted by Gasteiger charge is -2.10. The van der Waals surface area contributed by atoms with Crippen LogP contribution in [0, 0.1) is 0 Å². The number of hydrogen-bond acceptors (Lipinski definition) is 2. The molecule has 0 fully saturated rings. The van der Waals surface area contributed by atoms with Crippen molar-refractivity contribution < 1.29 is 4.79 Å². The summed E-state index contributed by atoms with van der Waals surface area (Å²) in [6, 6.07) is 0. The van der Waals surface area contributed by atoms with Crippen LogP contribution in [0.25, 0.3) is 0 Å². The fraction of sp³-hybridized carbons (Fsp3) is 0.900. The minimum absolute atomic E-state index is 0.109. The summed E-state index contributed by atoms with van der Waals surface area (Å²) in [5, 5.41) is 3.01. The Hall–Kier alpha value is -0.180. The Kier molecular flexibility index (Phi) is 8.30. The van der Waals surface area contributed by atoms with Crippen molar-refractivity contribution in [2.24, 2.45) is 0 Å². The molecular formula is C10H21NOS. The van der Waals surface area contributed by atoms with Crippen LogP contribution in [-0.4, -0.2) is 23.5 Å². The van der Waals surface area contributed by atoms with Crippen molar-refractivity contribution in [1.82, 2.24) is 5.32 Å². The molecule has 1 N–H and O–H groups in total. The monoisotopic (exact) mass is 203 g/mol. The predicted molar refractivity (Wildman–Crippen MR) is 60.1 cm³/mol. The van der Waals surface area contributed by atoms with Crippen LogP contribution in [0.3, 0.4) is 0 Å². The van der Waals surface area contributed by atoms with Crippen molar-refractivity contribution in [2.45, 2.75) is 45.3 Å². The average Bonchev–Trinajstić information content (AvgIpc) is 2.14. The van der Waals surface area contributed by atoms with Crippen LogP contribution in [0.2, 0.25) is 0 Å². The van der Waals surface area contributed by atoms with Crippen LogP contribution in [0.1, 0.15) is 40.0 Å². The summed E-state index contributed by atoms with van der Waals surface area (Å²) < 4.78 is 0. The van der Waals surface area contributed by atoms with Gasteiger partial charge >= 0.3 is 0 Å². The summed E-state index contributed by atoms with van der Waals surface area (Å²) in [7, 11) is 0.